The molecule has 0 aliphatic carbocycles. The SMILES string of the molecule is [O-]N([O-])c1cccc(SSc2cccc(N(O)O)c2)c1. The fourth-order valence-electron chi connectivity index (χ4n) is 1.40. The van der Waals surface area contributed by atoms with Gasteiger partial charge in [-0.05, 0) is 36.4 Å². The molecule has 0 aromatic heterocycles. The average Bonchev–Trinajstić information content (AvgIpc) is 2.45. The summed E-state index contributed by atoms with van der Waals surface area (Å²) < 4.78 is 0. The Balaban J connectivity index is 2.05. The molecule has 20 heavy (non-hydrogen) atoms. The van der Waals surface area contributed by atoms with E-state index in [0.717, 1.165) is 9.79 Å². The van der Waals surface area contributed by atoms with Crippen LogP contribution in [0.25, 0.3) is 0 Å². The third kappa shape index (κ3) is 4.04. The molecule has 0 amide bonds. The van der Waals surface area contributed by atoms with Crippen LogP contribution < -0.4 is 10.5 Å². The molecule has 0 saturated heterocycles. The van der Waals surface area contributed by atoms with Gasteiger partial charge in [-0.3, -0.25) is 10.4 Å². The van der Waals surface area contributed by atoms with E-state index >= 15 is 0 Å². The quantitative estimate of drug-likeness (QED) is 0.635. The van der Waals surface area contributed by atoms with Crippen LogP contribution in [0.3, 0.4) is 0 Å². The van der Waals surface area contributed by atoms with Crippen LogP contribution in [0.5, 0.6) is 0 Å². The van der Waals surface area contributed by atoms with Crippen LogP contribution in [-0.4, -0.2) is 10.4 Å². The van der Waals surface area contributed by atoms with Crippen LogP contribution in [0.4, 0.5) is 11.4 Å². The van der Waals surface area contributed by atoms with E-state index in [2.05, 4.69) is 0 Å². The Labute approximate surface area is 123 Å². The summed E-state index contributed by atoms with van der Waals surface area (Å²) in [5.41, 5.74) is 0.288. The third-order valence-corrected chi connectivity index (χ3v) is 4.69. The standard InChI is InChI=1S/C12H10N2O4S2/c15-13(16)9-3-1-5-11(7-9)19-20-12-6-2-4-10(8-12)14(17)18/h1-8,15-16H/q-2. The smallest absolute Gasteiger partial charge is 0.0954 e. The number of hydrogen-bond acceptors (Lipinski definition) is 8. The normalized spacial score (nSPS) is 10.4. The minimum Gasteiger partial charge on any atom is -0.769 e. The summed E-state index contributed by atoms with van der Waals surface area (Å²) in [6.07, 6.45) is 0. The lowest BCUT2D eigenvalue weighted by Gasteiger charge is -2.37. The zero-order valence-corrected chi connectivity index (χ0v) is 11.7. The molecule has 8 heteroatoms. The lowest BCUT2D eigenvalue weighted by molar-refractivity contribution is 0.0290. The van der Waals surface area contributed by atoms with Crippen molar-refractivity contribution in [3.05, 3.63) is 58.9 Å². The van der Waals surface area contributed by atoms with Gasteiger partial charge in [-0.1, -0.05) is 33.7 Å². The van der Waals surface area contributed by atoms with Crippen molar-refractivity contribution in [3.8, 4) is 0 Å². The predicted octanol–water partition coefficient (Wildman–Crippen LogP) is 3.87. The Hall–Kier alpha value is -1.42. The molecule has 0 aliphatic rings. The van der Waals surface area contributed by atoms with Crippen LogP contribution in [0, 0.1) is 10.4 Å². The molecular formula is C12H10N2O4S2-2. The maximum Gasteiger partial charge on any atom is 0.0954 e. The summed E-state index contributed by atoms with van der Waals surface area (Å²) in [6, 6.07) is 13.0. The van der Waals surface area contributed by atoms with Crippen LogP contribution in [-0.2, 0) is 0 Å². The Bertz CT molecular complexity index is 529. The second-order valence-electron chi connectivity index (χ2n) is 3.71. The monoisotopic (exact) mass is 310 g/mol. The van der Waals surface area contributed by atoms with Gasteiger partial charge in [0, 0.05) is 15.5 Å². The molecular weight excluding hydrogens is 300 g/mol. The first kappa shape index (κ1) is 15.0. The maximum atomic E-state index is 10.7. The molecule has 0 atom stereocenters. The van der Waals surface area contributed by atoms with E-state index in [1.165, 1.54) is 33.7 Å². The van der Waals surface area contributed by atoms with Gasteiger partial charge in [0.2, 0.25) is 0 Å². The molecule has 0 saturated carbocycles. The molecule has 106 valence electrons. The summed E-state index contributed by atoms with van der Waals surface area (Å²) in [5, 5.41) is 38.8. The highest BCUT2D eigenvalue weighted by Gasteiger charge is 2.03. The van der Waals surface area contributed by atoms with Crippen LogP contribution in [0.15, 0.2) is 58.3 Å². The minimum atomic E-state index is -0.440. The van der Waals surface area contributed by atoms with Gasteiger partial charge in [0.05, 0.1) is 5.69 Å². The molecule has 0 bridgehead atoms. The topological polar surface area (TPSA) is 93.1 Å². The summed E-state index contributed by atoms with van der Waals surface area (Å²) in [6.45, 7) is 0. The van der Waals surface area contributed by atoms with Crippen molar-refractivity contribution < 1.29 is 10.4 Å². The zero-order chi connectivity index (χ0) is 14.5. The molecule has 2 aromatic carbocycles. The highest BCUT2D eigenvalue weighted by atomic mass is 33.1. The first-order valence-corrected chi connectivity index (χ1v) is 7.58. The fraction of sp³-hybridized carbons (Fsp3) is 0. The van der Waals surface area contributed by atoms with Crippen LogP contribution in [0.1, 0.15) is 0 Å². The zero-order valence-electron chi connectivity index (χ0n) is 10.0. The molecule has 0 aliphatic heterocycles. The summed E-state index contributed by atoms with van der Waals surface area (Å²) in [5.74, 6) is 0. The highest BCUT2D eigenvalue weighted by molar-refractivity contribution is 8.76. The Morgan fingerprint density at radius 3 is 1.80 bits per heavy atom. The molecule has 0 fully saturated rings. The largest absolute Gasteiger partial charge is 0.769 e. The van der Waals surface area contributed by atoms with Crippen molar-refractivity contribution >= 4 is 33.0 Å². The number of nitrogens with zero attached hydrogens (tertiary/aromatic N) is 2. The van der Waals surface area contributed by atoms with Crippen molar-refractivity contribution in [2.75, 3.05) is 10.5 Å². The first-order valence-electron chi connectivity index (χ1n) is 5.43. The van der Waals surface area contributed by atoms with E-state index in [1.807, 2.05) is 6.07 Å². The Kier molecular flexibility index (Phi) is 5.12. The van der Waals surface area contributed by atoms with Crippen molar-refractivity contribution in [2.24, 2.45) is 0 Å². The molecule has 0 spiro atoms. The molecule has 0 heterocycles. The lowest BCUT2D eigenvalue weighted by Crippen LogP contribution is -2.10. The van der Waals surface area contributed by atoms with Gasteiger partial charge < -0.3 is 15.6 Å². The second-order valence-corrected chi connectivity index (χ2v) is 5.98. The molecule has 2 N–H and O–H groups in total. The van der Waals surface area contributed by atoms with E-state index < -0.39 is 5.23 Å². The van der Waals surface area contributed by atoms with E-state index in [1.54, 1.807) is 30.3 Å². The lowest BCUT2D eigenvalue weighted by atomic mass is 10.3. The van der Waals surface area contributed by atoms with Gasteiger partial charge in [-0.25, -0.2) is 0 Å². The molecule has 2 rings (SSSR count). The number of rotatable bonds is 5. The molecule has 6 nitrogen and oxygen atoms in total. The van der Waals surface area contributed by atoms with Crippen LogP contribution >= 0.6 is 21.6 Å². The van der Waals surface area contributed by atoms with Crippen LogP contribution in [0.2, 0.25) is 0 Å². The Morgan fingerprint density at radius 2 is 1.30 bits per heavy atom. The van der Waals surface area contributed by atoms with E-state index in [0.29, 0.717) is 0 Å². The summed E-state index contributed by atoms with van der Waals surface area (Å²) >= 11 is 0. The van der Waals surface area contributed by atoms with E-state index in [-0.39, 0.29) is 16.6 Å². The van der Waals surface area contributed by atoms with Crippen molar-refractivity contribution in [2.45, 2.75) is 9.79 Å². The summed E-state index contributed by atoms with van der Waals surface area (Å²) in [7, 11) is 2.73. The van der Waals surface area contributed by atoms with Crippen molar-refractivity contribution in [1.29, 1.82) is 0 Å². The molecule has 0 radical (unpaired) electrons. The number of anilines is 2. The highest BCUT2D eigenvalue weighted by Crippen LogP contribution is 2.39. The average molecular weight is 310 g/mol. The minimum absolute atomic E-state index is 0.0428. The molecule has 2 aromatic rings. The van der Waals surface area contributed by atoms with Crippen molar-refractivity contribution in [1.82, 2.24) is 0 Å². The molecule has 0 unspecified atom stereocenters. The second kappa shape index (κ2) is 6.84. The number of benzene rings is 2. The maximum absolute atomic E-state index is 10.7. The van der Waals surface area contributed by atoms with Crippen molar-refractivity contribution in [3.63, 3.8) is 0 Å². The van der Waals surface area contributed by atoms with Gasteiger partial charge >= 0.3 is 0 Å². The van der Waals surface area contributed by atoms with E-state index in [9.17, 15) is 10.4 Å². The third-order valence-electron chi connectivity index (χ3n) is 2.31. The van der Waals surface area contributed by atoms with Gasteiger partial charge in [0.1, 0.15) is 0 Å². The van der Waals surface area contributed by atoms with E-state index in [4.69, 9.17) is 10.4 Å². The fourth-order valence-corrected chi connectivity index (χ4v) is 3.40. The first-order chi connectivity index (χ1) is 9.56. The Morgan fingerprint density at radius 1 is 0.800 bits per heavy atom. The predicted molar refractivity (Wildman–Crippen MR) is 79.9 cm³/mol. The summed E-state index contributed by atoms with van der Waals surface area (Å²) in [4.78, 5) is 1.55. The number of hydrogen-bond donors (Lipinski definition) is 2. The van der Waals surface area contributed by atoms with Gasteiger partial charge in [0.25, 0.3) is 0 Å². The van der Waals surface area contributed by atoms with Gasteiger partial charge in [0.15, 0.2) is 0 Å². The van der Waals surface area contributed by atoms with Gasteiger partial charge in [-0.15, -0.1) is 5.23 Å². The van der Waals surface area contributed by atoms with Gasteiger partial charge in [-0.2, -0.15) is 0 Å².